The normalized spacial score (nSPS) is 22.3. The zero-order valence-electron chi connectivity index (χ0n) is 11.7. The van der Waals surface area contributed by atoms with Crippen LogP contribution in [-0.4, -0.2) is 33.3 Å². The Morgan fingerprint density at radius 3 is 2.95 bits per heavy atom. The predicted octanol–water partition coefficient (Wildman–Crippen LogP) is 2.08. The Bertz CT molecular complexity index is 508. The Hall–Kier alpha value is -1.22. The fourth-order valence-corrected chi connectivity index (χ4v) is 3.56. The lowest BCUT2D eigenvalue weighted by atomic mass is 9.91. The van der Waals surface area contributed by atoms with Crippen LogP contribution in [0.2, 0.25) is 0 Å². The number of anilines is 1. The van der Waals surface area contributed by atoms with Crippen molar-refractivity contribution in [2.75, 3.05) is 38.2 Å². The molecule has 3 nitrogen and oxygen atoms in total. The molecular formula is C16H22N2O. The van der Waals surface area contributed by atoms with Gasteiger partial charge in [0.1, 0.15) is 12.4 Å². The van der Waals surface area contributed by atoms with Gasteiger partial charge in [0.2, 0.25) is 0 Å². The lowest BCUT2D eigenvalue weighted by Gasteiger charge is -2.32. The third-order valence-corrected chi connectivity index (χ3v) is 4.68. The summed E-state index contributed by atoms with van der Waals surface area (Å²) in [5.74, 6) is 1.93. The second kappa shape index (κ2) is 4.41. The monoisotopic (exact) mass is 258 g/mol. The van der Waals surface area contributed by atoms with Gasteiger partial charge in [0.25, 0.3) is 0 Å². The summed E-state index contributed by atoms with van der Waals surface area (Å²) in [5, 5.41) is 3.53. The van der Waals surface area contributed by atoms with E-state index in [1.807, 2.05) is 0 Å². The summed E-state index contributed by atoms with van der Waals surface area (Å²) in [6, 6.07) is 2.32. The largest absolute Gasteiger partial charge is 0.490 e. The molecule has 0 unspecified atom stereocenters. The molecule has 0 bridgehead atoms. The molecule has 1 aliphatic carbocycles. The van der Waals surface area contributed by atoms with Crippen LogP contribution in [0.25, 0.3) is 0 Å². The third-order valence-electron chi connectivity index (χ3n) is 4.68. The lowest BCUT2D eigenvalue weighted by Crippen LogP contribution is -2.30. The Morgan fingerprint density at radius 1 is 1.26 bits per heavy atom. The number of ether oxygens (including phenoxy) is 1. The van der Waals surface area contributed by atoms with Gasteiger partial charge in [0.15, 0.2) is 0 Å². The van der Waals surface area contributed by atoms with E-state index in [4.69, 9.17) is 4.74 Å². The molecule has 2 aliphatic heterocycles. The fourth-order valence-electron chi connectivity index (χ4n) is 3.56. The second-order valence-electron chi connectivity index (χ2n) is 6.07. The summed E-state index contributed by atoms with van der Waals surface area (Å²) in [4.78, 5) is 2.41. The number of fused-ring (bicyclic) bond motifs is 2. The molecule has 0 atom stereocenters. The molecule has 0 amide bonds. The Morgan fingerprint density at radius 2 is 2.11 bits per heavy atom. The van der Waals surface area contributed by atoms with Gasteiger partial charge < -0.3 is 15.0 Å². The number of nitrogens with one attached hydrogen (secondary N) is 1. The number of likely N-dealkylation sites (N-methyl/N-ethyl adjacent to an activating group) is 1. The van der Waals surface area contributed by atoms with E-state index in [2.05, 4.69) is 23.3 Å². The minimum absolute atomic E-state index is 0.797. The zero-order valence-corrected chi connectivity index (χ0v) is 11.7. The maximum atomic E-state index is 5.96. The first-order valence-corrected chi connectivity index (χ1v) is 7.58. The van der Waals surface area contributed by atoms with Gasteiger partial charge in [-0.05, 0) is 67.4 Å². The number of hydrogen-bond donors (Lipinski definition) is 1. The number of nitrogens with zero attached hydrogens (tertiary/aromatic N) is 1. The van der Waals surface area contributed by atoms with Gasteiger partial charge in [-0.2, -0.15) is 0 Å². The summed E-state index contributed by atoms with van der Waals surface area (Å²) in [7, 11) is 2.22. The van der Waals surface area contributed by atoms with Crippen molar-refractivity contribution >= 4 is 5.69 Å². The number of benzene rings is 1. The minimum Gasteiger partial charge on any atom is -0.490 e. The van der Waals surface area contributed by atoms with E-state index in [0.717, 1.165) is 44.3 Å². The van der Waals surface area contributed by atoms with Crippen molar-refractivity contribution in [3.05, 3.63) is 22.8 Å². The van der Waals surface area contributed by atoms with Crippen molar-refractivity contribution in [2.24, 2.45) is 0 Å². The highest BCUT2D eigenvalue weighted by Gasteiger charge is 2.34. The van der Waals surface area contributed by atoms with Gasteiger partial charge >= 0.3 is 0 Å². The highest BCUT2D eigenvalue weighted by Crippen LogP contribution is 2.51. The molecule has 1 N–H and O–H groups in total. The molecule has 0 spiro atoms. The summed E-state index contributed by atoms with van der Waals surface area (Å²) in [6.45, 7) is 4.07. The van der Waals surface area contributed by atoms with E-state index in [1.54, 1.807) is 11.1 Å². The standard InChI is InChI=1S/C16H22N2O/c1-18-8-9-19-14-10-12-4-6-17-7-5-13(12)15(16(14)18)11-2-3-11/h10-11,17H,2-9H2,1H3. The molecule has 0 saturated heterocycles. The highest BCUT2D eigenvalue weighted by atomic mass is 16.5. The van der Waals surface area contributed by atoms with Crippen molar-refractivity contribution in [3.8, 4) is 5.75 Å². The van der Waals surface area contributed by atoms with Crippen molar-refractivity contribution in [1.29, 1.82) is 0 Å². The van der Waals surface area contributed by atoms with Gasteiger partial charge in [-0.1, -0.05) is 0 Å². The molecule has 1 aromatic rings. The quantitative estimate of drug-likeness (QED) is 0.834. The van der Waals surface area contributed by atoms with Gasteiger partial charge in [0, 0.05) is 7.05 Å². The fraction of sp³-hybridized carbons (Fsp3) is 0.625. The van der Waals surface area contributed by atoms with E-state index < -0.39 is 0 Å². The maximum Gasteiger partial charge on any atom is 0.143 e. The Labute approximate surface area is 114 Å². The maximum absolute atomic E-state index is 5.96. The van der Waals surface area contributed by atoms with Crippen LogP contribution >= 0.6 is 0 Å². The Kier molecular flexibility index (Phi) is 2.69. The summed E-state index contributed by atoms with van der Waals surface area (Å²) in [6.07, 6.45) is 5.06. The topological polar surface area (TPSA) is 24.5 Å². The molecule has 4 rings (SSSR count). The lowest BCUT2D eigenvalue weighted by molar-refractivity contribution is 0.310. The molecular weight excluding hydrogens is 236 g/mol. The van der Waals surface area contributed by atoms with Gasteiger partial charge in [-0.25, -0.2) is 0 Å². The van der Waals surface area contributed by atoms with Crippen molar-refractivity contribution in [1.82, 2.24) is 5.32 Å². The molecule has 1 aromatic carbocycles. The van der Waals surface area contributed by atoms with E-state index in [1.165, 1.54) is 30.5 Å². The summed E-state index contributed by atoms with van der Waals surface area (Å²) < 4.78 is 5.96. The third kappa shape index (κ3) is 1.91. The van der Waals surface area contributed by atoms with Crippen LogP contribution in [0.15, 0.2) is 6.07 Å². The average molecular weight is 258 g/mol. The number of hydrogen-bond acceptors (Lipinski definition) is 3. The number of rotatable bonds is 1. The smallest absolute Gasteiger partial charge is 0.143 e. The predicted molar refractivity (Wildman–Crippen MR) is 77.5 cm³/mol. The first-order valence-electron chi connectivity index (χ1n) is 7.58. The molecule has 2 heterocycles. The molecule has 3 heteroatoms. The van der Waals surface area contributed by atoms with E-state index in [-0.39, 0.29) is 0 Å². The minimum atomic E-state index is 0.797. The first kappa shape index (κ1) is 11.6. The van der Waals surface area contributed by atoms with Gasteiger partial charge in [0.05, 0.1) is 12.2 Å². The average Bonchev–Trinajstić information content (AvgIpc) is 3.23. The van der Waals surface area contributed by atoms with Crippen molar-refractivity contribution in [3.63, 3.8) is 0 Å². The van der Waals surface area contributed by atoms with Gasteiger partial charge in [-0.15, -0.1) is 0 Å². The SMILES string of the molecule is CN1CCOc2cc3c(c(C4CC4)c21)CCNCC3. The molecule has 0 radical (unpaired) electrons. The zero-order chi connectivity index (χ0) is 12.8. The van der Waals surface area contributed by atoms with E-state index >= 15 is 0 Å². The van der Waals surface area contributed by atoms with Crippen LogP contribution < -0.4 is 15.0 Å². The van der Waals surface area contributed by atoms with Crippen molar-refractivity contribution in [2.45, 2.75) is 31.6 Å². The molecule has 102 valence electrons. The summed E-state index contributed by atoms with van der Waals surface area (Å²) >= 11 is 0. The molecule has 1 saturated carbocycles. The molecule has 3 aliphatic rings. The van der Waals surface area contributed by atoms with Gasteiger partial charge in [-0.3, -0.25) is 0 Å². The molecule has 1 fully saturated rings. The second-order valence-corrected chi connectivity index (χ2v) is 6.07. The van der Waals surface area contributed by atoms with Crippen LogP contribution in [0.1, 0.15) is 35.4 Å². The van der Waals surface area contributed by atoms with Crippen molar-refractivity contribution < 1.29 is 4.74 Å². The van der Waals surface area contributed by atoms with Crippen LogP contribution in [-0.2, 0) is 12.8 Å². The van der Waals surface area contributed by atoms with E-state index in [0.29, 0.717) is 0 Å². The first-order chi connectivity index (χ1) is 9.34. The Balaban J connectivity index is 1.92. The van der Waals surface area contributed by atoms with Crippen LogP contribution in [0.4, 0.5) is 5.69 Å². The summed E-state index contributed by atoms with van der Waals surface area (Å²) in [5.41, 5.74) is 6.18. The van der Waals surface area contributed by atoms with Crippen LogP contribution in [0, 0.1) is 0 Å². The van der Waals surface area contributed by atoms with Crippen LogP contribution in [0.3, 0.4) is 0 Å². The van der Waals surface area contributed by atoms with E-state index in [9.17, 15) is 0 Å². The highest BCUT2D eigenvalue weighted by molar-refractivity contribution is 5.70. The molecule has 0 aromatic heterocycles. The molecule has 19 heavy (non-hydrogen) atoms. The van der Waals surface area contributed by atoms with Crippen LogP contribution in [0.5, 0.6) is 5.75 Å².